The van der Waals surface area contributed by atoms with Gasteiger partial charge in [-0.05, 0) is 43.2 Å². The van der Waals surface area contributed by atoms with Crippen molar-refractivity contribution < 1.29 is 18.7 Å². The van der Waals surface area contributed by atoms with Crippen molar-refractivity contribution in [3.05, 3.63) is 59.4 Å². The summed E-state index contributed by atoms with van der Waals surface area (Å²) in [5.41, 5.74) is 3.87. The lowest BCUT2D eigenvalue weighted by molar-refractivity contribution is -0.130. The number of furan rings is 1. The monoisotopic (exact) mass is 367 g/mol. The maximum absolute atomic E-state index is 12.9. The van der Waals surface area contributed by atoms with Gasteiger partial charge in [-0.15, -0.1) is 0 Å². The molecule has 2 aromatic carbocycles. The minimum atomic E-state index is 0.0653. The molecule has 0 N–H and O–H groups in total. The molecule has 0 saturated carbocycles. The first-order chi connectivity index (χ1) is 13.0. The molecule has 3 aromatic rings. The van der Waals surface area contributed by atoms with Crippen LogP contribution in [0.5, 0.6) is 11.5 Å². The number of methoxy groups -OCH3 is 2. The molecular formula is C22H25NO4. The van der Waals surface area contributed by atoms with Gasteiger partial charge < -0.3 is 18.8 Å². The van der Waals surface area contributed by atoms with Gasteiger partial charge in [0.1, 0.15) is 5.58 Å². The van der Waals surface area contributed by atoms with Gasteiger partial charge in [-0.25, -0.2) is 0 Å². The zero-order chi connectivity index (χ0) is 19.4. The number of amides is 1. The van der Waals surface area contributed by atoms with Crippen LogP contribution in [0.15, 0.2) is 47.1 Å². The fourth-order valence-electron chi connectivity index (χ4n) is 3.18. The standard InChI is InChI=1S/C22H25NO4/c1-5-23(13-16-7-9-19(25-3)21(11-16)26-4)22(24)12-17-14-27-20-10-15(2)6-8-18(17)20/h6-11,14H,5,12-13H2,1-4H3. The third-order valence-electron chi connectivity index (χ3n) is 4.71. The average molecular weight is 367 g/mol. The Morgan fingerprint density at radius 1 is 1.07 bits per heavy atom. The van der Waals surface area contributed by atoms with E-state index in [2.05, 4.69) is 0 Å². The molecule has 1 amide bonds. The van der Waals surface area contributed by atoms with Crippen LogP contribution in [0.3, 0.4) is 0 Å². The Morgan fingerprint density at radius 2 is 1.85 bits per heavy atom. The minimum absolute atomic E-state index is 0.0653. The van der Waals surface area contributed by atoms with Gasteiger partial charge in [0.25, 0.3) is 0 Å². The average Bonchev–Trinajstić information content (AvgIpc) is 3.07. The number of carbonyl (C=O) groups is 1. The Hall–Kier alpha value is -2.95. The van der Waals surface area contributed by atoms with Gasteiger partial charge >= 0.3 is 0 Å². The number of hydrogen-bond acceptors (Lipinski definition) is 4. The van der Waals surface area contributed by atoms with Gasteiger partial charge in [0.05, 0.1) is 26.9 Å². The highest BCUT2D eigenvalue weighted by molar-refractivity contribution is 5.88. The van der Waals surface area contributed by atoms with Crippen LogP contribution in [0.4, 0.5) is 0 Å². The van der Waals surface area contributed by atoms with Gasteiger partial charge in [-0.2, -0.15) is 0 Å². The van der Waals surface area contributed by atoms with Crippen LogP contribution < -0.4 is 9.47 Å². The molecule has 142 valence electrons. The van der Waals surface area contributed by atoms with E-state index in [0.717, 1.165) is 27.7 Å². The number of ether oxygens (including phenoxy) is 2. The van der Waals surface area contributed by atoms with E-state index < -0.39 is 0 Å². The van der Waals surface area contributed by atoms with Gasteiger partial charge in [0, 0.05) is 24.0 Å². The molecule has 0 aliphatic heterocycles. The Bertz CT molecular complexity index is 945. The first-order valence-corrected chi connectivity index (χ1v) is 9.01. The van der Waals surface area contributed by atoms with Crippen molar-refractivity contribution in [2.45, 2.75) is 26.8 Å². The summed E-state index contributed by atoms with van der Waals surface area (Å²) < 4.78 is 16.2. The van der Waals surface area contributed by atoms with Crippen molar-refractivity contribution in [1.29, 1.82) is 0 Å². The topological polar surface area (TPSA) is 51.9 Å². The number of likely N-dealkylation sites (N-methyl/N-ethyl adjacent to an activating group) is 1. The first-order valence-electron chi connectivity index (χ1n) is 9.01. The first kappa shape index (κ1) is 18.8. The molecule has 0 aliphatic carbocycles. The number of benzene rings is 2. The lowest BCUT2D eigenvalue weighted by atomic mass is 10.1. The van der Waals surface area contributed by atoms with Crippen LogP contribution >= 0.6 is 0 Å². The molecule has 5 heteroatoms. The third-order valence-corrected chi connectivity index (χ3v) is 4.71. The Balaban J connectivity index is 1.76. The fraction of sp³-hybridized carbons (Fsp3) is 0.318. The summed E-state index contributed by atoms with van der Waals surface area (Å²) in [5.74, 6) is 1.40. The highest BCUT2D eigenvalue weighted by Gasteiger charge is 2.17. The Labute approximate surface area is 159 Å². The maximum Gasteiger partial charge on any atom is 0.227 e. The molecule has 0 fully saturated rings. The second kappa shape index (κ2) is 8.16. The summed E-state index contributed by atoms with van der Waals surface area (Å²) in [4.78, 5) is 14.7. The van der Waals surface area contributed by atoms with Crippen LogP contribution in [0.25, 0.3) is 11.0 Å². The van der Waals surface area contributed by atoms with E-state index in [0.29, 0.717) is 31.0 Å². The van der Waals surface area contributed by atoms with Crippen molar-refractivity contribution in [3.63, 3.8) is 0 Å². The number of fused-ring (bicyclic) bond motifs is 1. The molecule has 3 rings (SSSR count). The molecule has 0 unspecified atom stereocenters. The molecule has 27 heavy (non-hydrogen) atoms. The number of nitrogens with zero attached hydrogens (tertiary/aromatic N) is 1. The van der Waals surface area contributed by atoms with Crippen molar-refractivity contribution in [2.75, 3.05) is 20.8 Å². The van der Waals surface area contributed by atoms with E-state index in [1.54, 1.807) is 20.5 Å². The Kier molecular flexibility index (Phi) is 5.69. The van der Waals surface area contributed by atoms with Gasteiger partial charge in [-0.3, -0.25) is 4.79 Å². The zero-order valence-corrected chi connectivity index (χ0v) is 16.2. The predicted molar refractivity (Wildman–Crippen MR) is 105 cm³/mol. The van der Waals surface area contributed by atoms with E-state index in [1.165, 1.54) is 0 Å². The molecule has 0 atom stereocenters. The second-order valence-electron chi connectivity index (χ2n) is 6.53. The van der Waals surface area contributed by atoms with Gasteiger partial charge in [-0.1, -0.05) is 18.2 Å². The van der Waals surface area contributed by atoms with Crippen LogP contribution in [0.1, 0.15) is 23.6 Å². The molecular weight excluding hydrogens is 342 g/mol. The highest BCUT2D eigenvalue weighted by Crippen LogP contribution is 2.28. The van der Waals surface area contributed by atoms with E-state index in [-0.39, 0.29) is 5.91 Å². The summed E-state index contributed by atoms with van der Waals surface area (Å²) in [6, 6.07) is 11.8. The molecule has 0 bridgehead atoms. The molecule has 0 saturated heterocycles. The summed E-state index contributed by atoms with van der Waals surface area (Å²) in [7, 11) is 3.21. The third kappa shape index (κ3) is 4.08. The van der Waals surface area contributed by atoms with Crippen LogP contribution in [0, 0.1) is 6.92 Å². The maximum atomic E-state index is 12.9. The minimum Gasteiger partial charge on any atom is -0.493 e. The summed E-state index contributed by atoms with van der Waals surface area (Å²) in [6.07, 6.45) is 2.00. The van der Waals surface area contributed by atoms with Crippen LogP contribution in [-0.4, -0.2) is 31.6 Å². The number of hydrogen-bond donors (Lipinski definition) is 0. The molecule has 0 spiro atoms. The lowest BCUT2D eigenvalue weighted by Gasteiger charge is -2.21. The zero-order valence-electron chi connectivity index (χ0n) is 16.2. The normalized spacial score (nSPS) is 10.8. The van der Waals surface area contributed by atoms with Crippen molar-refractivity contribution in [1.82, 2.24) is 4.90 Å². The summed E-state index contributed by atoms with van der Waals surface area (Å²) >= 11 is 0. The molecule has 0 aliphatic rings. The van der Waals surface area contributed by atoms with Crippen molar-refractivity contribution in [3.8, 4) is 11.5 Å². The quantitative estimate of drug-likeness (QED) is 0.623. The lowest BCUT2D eigenvalue weighted by Crippen LogP contribution is -2.31. The number of aryl methyl sites for hydroxylation is 1. The number of carbonyl (C=O) groups excluding carboxylic acids is 1. The SMILES string of the molecule is CCN(Cc1ccc(OC)c(OC)c1)C(=O)Cc1coc2cc(C)ccc12. The Morgan fingerprint density at radius 3 is 2.56 bits per heavy atom. The fourth-order valence-corrected chi connectivity index (χ4v) is 3.18. The van der Waals surface area contributed by atoms with Gasteiger partial charge in [0.2, 0.25) is 5.91 Å². The van der Waals surface area contributed by atoms with E-state index in [1.807, 2.05) is 55.1 Å². The molecule has 1 heterocycles. The van der Waals surface area contributed by atoms with E-state index in [9.17, 15) is 4.79 Å². The van der Waals surface area contributed by atoms with Crippen molar-refractivity contribution in [2.24, 2.45) is 0 Å². The smallest absolute Gasteiger partial charge is 0.227 e. The second-order valence-corrected chi connectivity index (χ2v) is 6.53. The molecule has 5 nitrogen and oxygen atoms in total. The molecule has 1 aromatic heterocycles. The summed E-state index contributed by atoms with van der Waals surface area (Å²) in [5, 5.41) is 0.996. The van der Waals surface area contributed by atoms with Crippen LogP contribution in [0.2, 0.25) is 0 Å². The highest BCUT2D eigenvalue weighted by atomic mass is 16.5. The molecule has 0 radical (unpaired) electrons. The van der Waals surface area contributed by atoms with Gasteiger partial charge in [0.15, 0.2) is 11.5 Å². The predicted octanol–water partition coefficient (Wildman–Crippen LogP) is 4.35. The van der Waals surface area contributed by atoms with E-state index in [4.69, 9.17) is 13.9 Å². The summed E-state index contributed by atoms with van der Waals surface area (Å²) in [6.45, 7) is 5.15. The van der Waals surface area contributed by atoms with Crippen LogP contribution in [-0.2, 0) is 17.8 Å². The largest absolute Gasteiger partial charge is 0.493 e. The van der Waals surface area contributed by atoms with E-state index >= 15 is 0 Å². The van der Waals surface area contributed by atoms with Crippen molar-refractivity contribution >= 4 is 16.9 Å². The number of rotatable bonds is 7.